The van der Waals surface area contributed by atoms with Crippen LogP contribution in [0.5, 0.6) is 0 Å². The van der Waals surface area contributed by atoms with Gasteiger partial charge in [-0.1, -0.05) is 30.7 Å². The van der Waals surface area contributed by atoms with Gasteiger partial charge in [-0.3, -0.25) is 0 Å². The zero-order chi connectivity index (χ0) is 14.3. The molecular formula is C16H25Cl2N. The number of nitrogens with zero attached hydrogens (tertiary/aromatic N) is 1. The maximum atomic E-state index is 5.83. The molecule has 19 heavy (non-hydrogen) atoms. The van der Waals surface area contributed by atoms with Gasteiger partial charge in [0.1, 0.15) is 0 Å². The van der Waals surface area contributed by atoms with Crippen molar-refractivity contribution < 1.29 is 0 Å². The molecule has 1 rings (SSSR count). The Morgan fingerprint density at radius 3 is 2.26 bits per heavy atom. The zero-order valence-electron chi connectivity index (χ0n) is 12.3. The van der Waals surface area contributed by atoms with Gasteiger partial charge in [-0.15, -0.1) is 23.2 Å². The predicted molar refractivity (Wildman–Crippen MR) is 86.8 cm³/mol. The largest absolute Gasteiger partial charge is 0.301 e. The first-order chi connectivity index (χ1) is 9.08. The molecule has 0 fully saturated rings. The minimum atomic E-state index is 0.577. The van der Waals surface area contributed by atoms with Crippen LogP contribution >= 0.6 is 23.2 Å². The molecule has 1 atom stereocenters. The van der Waals surface area contributed by atoms with Gasteiger partial charge in [0.15, 0.2) is 0 Å². The van der Waals surface area contributed by atoms with Gasteiger partial charge >= 0.3 is 0 Å². The van der Waals surface area contributed by atoms with E-state index in [2.05, 4.69) is 43.9 Å². The quantitative estimate of drug-likeness (QED) is 0.635. The first-order valence-corrected chi connectivity index (χ1v) is 8.06. The van der Waals surface area contributed by atoms with Crippen LogP contribution in [0.2, 0.25) is 0 Å². The van der Waals surface area contributed by atoms with Crippen LogP contribution in [0.1, 0.15) is 36.0 Å². The third-order valence-electron chi connectivity index (χ3n) is 3.65. The van der Waals surface area contributed by atoms with Crippen molar-refractivity contribution in [1.29, 1.82) is 0 Å². The number of aryl methyl sites for hydroxylation is 2. The van der Waals surface area contributed by atoms with Crippen molar-refractivity contribution in [3.05, 3.63) is 34.9 Å². The minimum Gasteiger partial charge on any atom is -0.301 e. The smallest absolute Gasteiger partial charge is 0.0351 e. The summed E-state index contributed by atoms with van der Waals surface area (Å²) in [4.78, 5) is 2.35. The van der Waals surface area contributed by atoms with E-state index in [0.29, 0.717) is 17.7 Å². The molecule has 0 unspecified atom stereocenters. The maximum absolute atomic E-state index is 5.83. The number of hydrogen-bond acceptors (Lipinski definition) is 1. The number of rotatable bonds is 8. The lowest BCUT2D eigenvalue weighted by molar-refractivity contribution is 0.295. The van der Waals surface area contributed by atoms with E-state index in [-0.39, 0.29) is 0 Å². The van der Waals surface area contributed by atoms with Crippen molar-refractivity contribution in [2.24, 2.45) is 0 Å². The lowest BCUT2D eigenvalue weighted by Crippen LogP contribution is -2.29. The highest BCUT2D eigenvalue weighted by Gasteiger charge is 2.11. The molecule has 0 aromatic heterocycles. The lowest BCUT2D eigenvalue weighted by atomic mass is 9.92. The van der Waals surface area contributed by atoms with E-state index < -0.39 is 0 Å². The highest BCUT2D eigenvalue weighted by molar-refractivity contribution is 6.18. The Balaban J connectivity index is 2.58. The Morgan fingerprint density at radius 2 is 1.68 bits per heavy atom. The van der Waals surface area contributed by atoms with Crippen LogP contribution in [-0.2, 0) is 0 Å². The van der Waals surface area contributed by atoms with Gasteiger partial charge in [0.2, 0.25) is 0 Å². The molecule has 0 N–H and O–H groups in total. The Kier molecular flexibility index (Phi) is 7.82. The molecule has 1 nitrogen and oxygen atoms in total. The van der Waals surface area contributed by atoms with Crippen LogP contribution in [0.15, 0.2) is 18.2 Å². The van der Waals surface area contributed by atoms with E-state index >= 15 is 0 Å². The van der Waals surface area contributed by atoms with Gasteiger partial charge in [0.05, 0.1) is 0 Å². The van der Waals surface area contributed by atoms with Crippen molar-refractivity contribution in [3.63, 3.8) is 0 Å². The molecule has 3 heteroatoms. The molecule has 0 bridgehead atoms. The van der Waals surface area contributed by atoms with Gasteiger partial charge in [-0.25, -0.2) is 0 Å². The Hall–Kier alpha value is -0.240. The van der Waals surface area contributed by atoms with Crippen LogP contribution < -0.4 is 0 Å². The fourth-order valence-corrected chi connectivity index (χ4v) is 2.88. The molecule has 0 aliphatic rings. The van der Waals surface area contributed by atoms with E-state index in [1.54, 1.807) is 0 Å². The van der Waals surface area contributed by atoms with Crippen molar-refractivity contribution in [2.75, 3.05) is 31.4 Å². The van der Waals surface area contributed by atoms with Crippen molar-refractivity contribution >= 4 is 23.2 Å². The Bertz CT molecular complexity index is 373. The Morgan fingerprint density at radius 1 is 1.05 bits per heavy atom. The number of halogens is 2. The van der Waals surface area contributed by atoms with Crippen LogP contribution in [-0.4, -0.2) is 36.3 Å². The van der Waals surface area contributed by atoms with E-state index in [1.165, 1.54) is 16.7 Å². The molecule has 0 amide bonds. The first-order valence-electron chi connectivity index (χ1n) is 7.00. The normalized spacial score (nSPS) is 12.9. The van der Waals surface area contributed by atoms with Crippen molar-refractivity contribution in [3.8, 4) is 0 Å². The second-order valence-corrected chi connectivity index (χ2v) is 6.03. The second kappa shape index (κ2) is 8.84. The second-order valence-electron chi connectivity index (χ2n) is 5.27. The van der Waals surface area contributed by atoms with E-state index in [4.69, 9.17) is 23.2 Å². The summed E-state index contributed by atoms with van der Waals surface area (Å²) in [6, 6.07) is 6.71. The highest BCUT2D eigenvalue weighted by atomic mass is 35.5. The summed E-state index contributed by atoms with van der Waals surface area (Å²) in [7, 11) is 0. The predicted octanol–water partition coefficient (Wildman–Crippen LogP) is 4.58. The number of hydrogen-bond donors (Lipinski definition) is 0. The van der Waals surface area contributed by atoms with Crippen LogP contribution in [0.25, 0.3) is 0 Å². The van der Waals surface area contributed by atoms with Gasteiger partial charge in [-0.2, -0.15) is 0 Å². The molecule has 0 saturated carbocycles. The average molecular weight is 302 g/mol. The topological polar surface area (TPSA) is 3.24 Å². The summed E-state index contributed by atoms with van der Waals surface area (Å²) in [6.07, 6.45) is 1.15. The summed E-state index contributed by atoms with van der Waals surface area (Å²) in [5, 5.41) is 0. The van der Waals surface area contributed by atoms with Gasteiger partial charge in [0, 0.05) is 24.8 Å². The van der Waals surface area contributed by atoms with Gasteiger partial charge in [-0.05, 0) is 43.9 Å². The molecule has 1 aromatic carbocycles. The fraction of sp³-hybridized carbons (Fsp3) is 0.625. The molecule has 0 spiro atoms. The van der Waals surface area contributed by atoms with E-state index in [0.717, 1.165) is 26.1 Å². The number of alkyl halides is 2. The monoisotopic (exact) mass is 301 g/mol. The SMILES string of the molecule is Cc1ccc(C)c([C@H](C)CCN(CCCl)CCCl)c1. The average Bonchev–Trinajstić information content (AvgIpc) is 2.39. The first kappa shape index (κ1) is 16.8. The fourth-order valence-electron chi connectivity index (χ4n) is 2.40. The van der Waals surface area contributed by atoms with Crippen molar-refractivity contribution in [1.82, 2.24) is 4.90 Å². The minimum absolute atomic E-state index is 0.577. The van der Waals surface area contributed by atoms with Crippen LogP contribution in [0, 0.1) is 13.8 Å². The molecule has 0 radical (unpaired) electrons. The van der Waals surface area contributed by atoms with Crippen LogP contribution in [0.4, 0.5) is 0 Å². The molecule has 1 aromatic rings. The molecule has 0 saturated heterocycles. The molecule has 0 aliphatic heterocycles. The third-order valence-corrected chi connectivity index (χ3v) is 3.98. The highest BCUT2D eigenvalue weighted by Crippen LogP contribution is 2.24. The molecule has 108 valence electrons. The third kappa shape index (κ3) is 5.72. The summed E-state index contributed by atoms with van der Waals surface area (Å²) >= 11 is 11.7. The van der Waals surface area contributed by atoms with Gasteiger partial charge < -0.3 is 4.90 Å². The summed E-state index contributed by atoms with van der Waals surface area (Å²) in [5.41, 5.74) is 4.20. The molecule has 0 aliphatic carbocycles. The Labute approximate surface area is 127 Å². The maximum Gasteiger partial charge on any atom is 0.0351 e. The zero-order valence-corrected chi connectivity index (χ0v) is 13.8. The van der Waals surface area contributed by atoms with Crippen LogP contribution in [0.3, 0.4) is 0 Å². The van der Waals surface area contributed by atoms with Gasteiger partial charge in [0.25, 0.3) is 0 Å². The van der Waals surface area contributed by atoms with E-state index in [9.17, 15) is 0 Å². The standard InChI is InChI=1S/C16H25Cl2N/c1-13-4-5-14(2)16(12-13)15(3)6-9-19(10-7-17)11-8-18/h4-5,12,15H,6-11H2,1-3H3/t15-/m1/s1. The molecule has 0 heterocycles. The summed E-state index contributed by atoms with van der Waals surface area (Å²) in [5.74, 6) is 1.93. The molecular weight excluding hydrogens is 277 g/mol. The van der Waals surface area contributed by atoms with Crippen molar-refractivity contribution in [2.45, 2.75) is 33.1 Å². The summed E-state index contributed by atoms with van der Waals surface area (Å²) < 4.78 is 0. The number of benzene rings is 1. The lowest BCUT2D eigenvalue weighted by Gasteiger charge is -2.23. The van der Waals surface area contributed by atoms with E-state index in [1.807, 2.05) is 0 Å². The summed E-state index contributed by atoms with van der Waals surface area (Å²) in [6.45, 7) is 9.57.